The van der Waals surface area contributed by atoms with E-state index in [4.69, 9.17) is 14.5 Å². The number of nitrogens with one attached hydrogen (secondary N) is 1. The second kappa shape index (κ2) is 15.7. The Bertz CT molecular complexity index is 2110. The number of aliphatic imine (C=N–C) groups is 1. The van der Waals surface area contributed by atoms with Crippen molar-refractivity contribution in [2.24, 2.45) is 56.2 Å². The lowest BCUT2D eigenvalue weighted by Crippen LogP contribution is -3.11. The lowest BCUT2D eigenvalue weighted by Gasteiger charge is -2.70. The normalized spacial score (nSPS) is 40.4. The maximum Gasteiger partial charge on any atom is 0.160 e. The lowest BCUT2D eigenvalue weighted by molar-refractivity contribution is -0.856. The number of rotatable bonds is 12. The zero-order valence-corrected chi connectivity index (χ0v) is 39.1. The first-order valence-corrected chi connectivity index (χ1v) is 24.2. The lowest BCUT2D eigenvalue weighted by atomic mass is 9.34. The number of quaternary nitrogens is 1. The molecule has 2 saturated heterocycles. The Morgan fingerprint density at radius 3 is 2.44 bits per heavy atom. The van der Waals surface area contributed by atoms with Crippen molar-refractivity contribution in [3.05, 3.63) is 70.1 Å². The van der Waals surface area contributed by atoms with Gasteiger partial charge in [0.15, 0.2) is 11.8 Å². The molecule has 3 saturated carbocycles. The highest BCUT2D eigenvalue weighted by molar-refractivity contribution is 6.07. The molecule has 0 radical (unpaired) electrons. The number of benzene rings is 1. The van der Waals surface area contributed by atoms with Crippen LogP contribution in [0.3, 0.4) is 0 Å². The van der Waals surface area contributed by atoms with E-state index in [9.17, 15) is 24.9 Å². The van der Waals surface area contributed by atoms with Gasteiger partial charge in [0.1, 0.15) is 23.8 Å². The molecule has 1 aromatic carbocycles. The van der Waals surface area contributed by atoms with Gasteiger partial charge in [-0.1, -0.05) is 65.3 Å². The quantitative estimate of drug-likeness (QED) is 0.170. The summed E-state index contributed by atoms with van der Waals surface area (Å²) < 4.78 is 11.6. The topological polar surface area (TPSA) is 133 Å². The third-order valence-electron chi connectivity index (χ3n) is 18.6. The van der Waals surface area contributed by atoms with E-state index >= 15 is 0 Å². The first kappa shape index (κ1) is 44.4. The van der Waals surface area contributed by atoms with Crippen molar-refractivity contribution in [1.29, 1.82) is 0 Å². The number of ether oxygens (including phenoxy) is 2. The maximum absolute atomic E-state index is 14.9. The van der Waals surface area contributed by atoms with Gasteiger partial charge >= 0.3 is 0 Å². The zero-order valence-electron chi connectivity index (χ0n) is 39.1. The molecule has 13 atom stereocenters. The Labute approximate surface area is 370 Å². The molecule has 9 heteroatoms. The second-order valence-electron chi connectivity index (χ2n) is 23.1. The minimum absolute atomic E-state index is 0.0231. The third-order valence-corrected chi connectivity index (χ3v) is 18.6. The van der Waals surface area contributed by atoms with Gasteiger partial charge in [-0.15, -0.1) is 0 Å². The van der Waals surface area contributed by atoms with Crippen molar-refractivity contribution in [3.63, 3.8) is 0 Å². The summed E-state index contributed by atoms with van der Waals surface area (Å²) in [4.78, 5) is 35.4. The molecule has 62 heavy (non-hydrogen) atoms. The molecule has 9 nitrogen and oxygen atoms in total. The van der Waals surface area contributed by atoms with Gasteiger partial charge in [-0.05, 0) is 135 Å². The van der Waals surface area contributed by atoms with Crippen LogP contribution >= 0.6 is 0 Å². The fraction of sp³-hybridized carbons (Fsp3) is 0.717. The van der Waals surface area contributed by atoms with Crippen LogP contribution in [0.15, 0.2) is 58.4 Å². The molecule has 4 N–H and O–H groups in total. The highest BCUT2D eigenvalue weighted by Crippen LogP contribution is 2.75. The molecule has 4 aliphatic heterocycles. The van der Waals surface area contributed by atoms with Crippen molar-refractivity contribution in [2.45, 2.75) is 162 Å². The number of aryl methyl sites for hydroxylation is 1. The standard InChI is InChI=1S/C53H74N2O7/c1-30-21-32(24-35(22-30)33-14-19-61-20-15-33)25-36-28-55(38-13-17-54-44(36)38)29-37-43-42(31(2)23-39(57)48-50(5,6)62-48)40(58)27-53(43,9)52(8)16-12-41-49(3,4)47(60)34(11-10-18-56)26-51(41,7)46(52)45(37)59/h13,17,21-22,24,28,31,33-34,37-39,41,45-46,48,56-57,59H,10-12,14-16,18-20,23,25-27,29H2,1-9H3/p+1. The molecule has 8 aliphatic rings. The fourth-order valence-electron chi connectivity index (χ4n) is 15.7. The van der Waals surface area contributed by atoms with E-state index in [1.165, 1.54) is 27.2 Å². The maximum atomic E-state index is 14.9. The van der Waals surface area contributed by atoms with Crippen molar-refractivity contribution in [3.8, 4) is 0 Å². The van der Waals surface area contributed by atoms with Gasteiger partial charge in [0.05, 0.1) is 30.3 Å². The zero-order chi connectivity index (χ0) is 44.3. The number of aliphatic hydroxyl groups excluding tert-OH is 3. The molecule has 5 fully saturated rings. The molecule has 1 aromatic rings. The van der Waals surface area contributed by atoms with Gasteiger partial charge in [0.2, 0.25) is 0 Å². The monoisotopic (exact) mass is 852 g/mol. The Morgan fingerprint density at radius 1 is 1.02 bits per heavy atom. The third kappa shape index (κ3) is 6.96. The van der Waals surface area contributed by atoms with E-state index in [-0.39, 0.29) is 65.1 Å². The Morgan fingerprint density at radius 2 is 1.74 bits per heavy atom. The Hall–Kier alpha value is -2.79. The Kier molecular flexibility index (Phi) is 11.2. The number of epoxide rings is 1. The average molecular weight is 852 g/mol. The SMILES string of the molecule is Cc1cc(CC2=C[NH+](CC3C4=C(C(C)CC(O)C5OC5(C)C)C(=O)CC4(C)C4(C)CCC5C(C)(C)C(=O)C(CCCO)CC5(C)C4C3O)C3C=CN=C23)cc(C2CCOCC2)c1. The first-order valence-electron chi connectivity index (χ1n) is 24.2. The van der Waals surface area contributed by atoms with Crippen LogP contribution in [-0.4, -0.2) is 88.9 Å². The highest BCUT2D eigenvalue weighted by Gasteiger charge is 2.73. The minimum Gasteiger partial charge on any atom is -0.396 e. The number of carbonyl (C=O) groups is 2. The molecule has 4 heterocycles. The van der Waals surface area contributed by atoms with E-state index in [2.05, 4.69) is 78.9 Å². The molecule has 0 bridgehead atoms. The number of fused-ring (bicyclic) bond motifs is 6. The van der Waals surface area contributed by atoms with Crippen LogP contribution in [0, 0.1) is 58.2 Å². The summed E-state index contributed by atoms with van der Waals surface area (Å²) >= 11 is 0. The van der Waals surface area contributed by atoms with E-state index in [0.717, 1.165) is 62.2 Å². The van der Waals surface area contributed by atoms with Gasteiger partial charge in [-0.3, -0.25) is 19.5 Å². The highest BCUT2D eigenvalue weighted by atomic mass is 16.6. The molecule has 0 spiro atoms. The second-order valence-corrected chi connectivity index (χ2v) is 23.1. The van der Waals surface area contributed by atoms with Crippen molar-refractivity contribution in [1.82, 2.24) is 0 Å². The predicted octanol–water partition coefficient (Wildman–Crippen LogP) is 6.81. The van der Waals surface area contributed by atoms with E-state index in [1.54, 1.807) is 0 Å². The summed E-state index contributed by atoms with van der Waals surface area (Å²) in [7, 11) is 0. The number of hydrogen-bond acceptors (Lipinski definition) is 8. The smallest absolute Gasteiger partial charge is 0.160 e. The van der Waals surface area contributed by atoms with Gasteiger partial charge in [0, 0.05) is 61.2 Å². The summed E-state index contributed by atoms with van der Waals surface area (Å²) in [5.41, 5.74) is 5.97. The van der Waals surface area contributed by atoms with Gasteiger partial charge in [0.25, 0.3) is 0 Å². The largest absolute Gasteiger partial charge is 0.396 e. The fourth-order valence-corrected chi connectivity index (χ4v) is 15.7. The number of allylic oxidation sites excluding steroid dienone is 1. The van der Waals surface area contributed by atoms with Crippen LogP contribution in [-0.2, 0) is 25.5 Å². The molecule has 338 valence electrons. The van der Waals surface area contributed by atoms with Crippen molar-refractivity contribution >= 4 is 17.3 Å². The molecule has 13 unspecified atom stereocenters. The summed E-state index contributed by atoms with van der Waals surface area (Å²) in [5.74, 6) is 0.184. The first-order chi connectivity index (χ1) is 29.2. The number of nitrogens with zero attached hydrogens (tertiary/aromatic N) is 1. The average Bonchev–Trinajstić information content (AvgIpc) is 3.48. The van der Waals surface area contributed by atoms with E-state index < -0.39 is 28.5 Å². The molecular formula is C53H75N2O7+. The van der Waals surface area contributed by atoms with Gasteiger partial charge in [-0.25, -0.2) is 0 Å². The van der Waals surface area contributed by atoms with Gasteiger partial charge < -0.3 is 24.8 Å². The van der Waals surface area contributed by atoms with Gasteiger partial charge in [-0.2, -0.15) is 0 Å². The van der Waals surface area contributed by atoms with E-state index in [0.29, 0.717) is 50.4 Å². The Balaban J connectivity index is 1.12. The summed E-state index contributed by atoms with van der Waals surface area (Å²) in [5, 5.41) is 35.0. The van der Waals surface area contributed by atoms with Crippen LogP contribution in [0.2, 0.25) is 0 Å². The number of hydrogen-bond donors (Lipinski definition) is 4. The van der Waals surface area contributed by atoms with Crippen LogP contribution < -0.4 is 4.90 Å². The number of aliphatic hydroxyl groups is 3. The number of Topliss-reactive ketones (excluding diaryl/α,β-unsaturated/α-hetero) is 2. The van der Waals surface area contributed by atoms with Crippen LogP contribution in [0.5, 0.6) is 0 Å². The van der Waals surface area contributed by atoms with Crippen LogP contribution in [0.4, 0.5) is 0 Å². The van der Waals surface area contributed by atoms with Crippen LogP contribution in [0.25, 0.3) is 0 Å². The molecule has 4 aliphatic carbocycles. The molecular weight excluding hydrogens is 777 g/mol. The van der Waals surface area contributed by atoms with E-state index in [1.807, 2.05) is 20.0 Å². The summed E-state index contributed by atoms with van der Waals surface area (Å²) in [6, 6.07) is 7.07. The minimum atomic E-state index is -0.753. The summed E-state index contributed by atoms with van der Waals surface area (Å²) in [6.07, 6.45) is 12.1. The molecule has 0 amide bonds. The van der Waals surface area contributed by atoms with Crippen LogP contribution in [0.1, 0.15) is 136 Å². The van der Waals surface area contributed by atoms with Crippen molar-refractivity contribution in [2.75, 3.05) is 26.4 Å². The molecule has 0 aromatic heterocycles. The van der Waals surface area contributed by atoms with Crippen molar-refractivity contribution < 1.29 is 39.3 Å². The predicted molar refractivity (Wildman–Crippen MR) is 241 cm³/mol. The summed E-state index contributed by atoms with van der Waals surface area (Å²) in [6.45, 7) is 21.9. The number of ketones is 2. The number of carbonyl (C=O) groups excluding carboxylic acids is 2. The molecule has 9 rings (SSSR count).